The number of imidazole rings is 1. The zero-order chi connectivity index (χ0) is 19.5. The standard InChI is InChI=1S/C20H21BrN4O3/c1-2-28-17-10-19-23-15(13-6-8-27-9-7-13)11-25(19)12-16(17)24-20(26)14-4-3-5-18(21)22-14/h3-5,10-13H,2,6-9H2,1H3,(H,24,26). The van der Waals surface area contributed by atoms with Crippen LogP contribution in [0, 0.1) is 0 Å². The van der Waals surface area contributed by atoms with E-state index in [1.807, 2.05) is 29.8 Å². The molecule has 4 heterocycles. The fourth-order valence-electron chi connectivity index (χ4n) is 3.32. The molecule has 0 saturated carbocycles. The Morgan fingerprint density at radius 3 is 2.89 bits per heavy atom. The number of rotatable bonds is 5. The van der Waals surface area contributed by atoms with Crippen LogP contribution in [0.15, 0.2) is 41.3 Å². The summed E-state index contributed by atoms with van der Waals surface area (Å²) in [5, 5.41) is 2.90. The zero-order valence-electron chi connectivity index (χ0n) is 15.5. The van der Waals surface area contributed by atoms with E-state index in [0.29, 0.717) is 34.3 Å². The molecule has 1 saturated heterocycles. The van der Waals surface area contributed by atoms with Crippen molar-refractivity contribution >= 4 is 33.2 Å². The van der Waals surface area contributed by atoms with Crippen molar-refractivity contribution in [2.75, 3.05) is 25.1 Å². The van der Waals surface area contributed by atoms with Crippen LogP contribution in [0.25, 0.3) is 5.65 Å². The maximum Gasteiger partial charge on any atom is 0.274 e. The van der Waals surface area contributed by atoms with Crippen LogP contribution in [0.1, 0.15) is 41.9 Å². The van der Waals surface area contributed by atoms with Gasteiger partial charge in [0.2, 0.25) is 0 Å². The number of nitrogens with zero attached hydrogens (tertiary/aromatic N) is 3. The van der Waals surface area contributed by atoms with E-state index in [1.165, 1.54) is 0 Å². The van der Waals surface area contributed by atoms with Crippen molar-refractivity contribution in [3.8, 4) is 5.75 Å². The summed E-state index contributed by atoms with van der Waals surface area (Å²) in [7, 11) is 0. The van der Waals surface area contributed by atoms with E-state index in [0.717, 1.165) is 37.4 Å². The Bertz CT molecular complexity index is 998. The molecule has 1 N–H and O–H groups in total. The SMILES string of the molecule is CCOc1cc2nc(C3CCOCC3)cn2cc1NC(=O)c1cccc(Br)n1. The van der Waals surface area contributed by atoms with Crippen molar-refractivity contribution in [3.05, 3.63) is 52.7 Å². The fourth-order valence-corrected chi connectivity index (χ4v) is 3.66. The van der Waals surface area contributed by atoms with Gasteiger partial charge >= 0.3 is 0 Å². The lowest BCUT2D eigenvalue weighted by Crippen LogP contribution is -2.15. The van der Waals surface area contributed by atoms with E-state index in [2.05, 4.69) is 26.2 Å². The average Bonchev–Trinajstić information content (AvgIpc) is 3.12. The first-order valence-electron chi connectivity index (χ1n) is 9.31. The highest BCUT2D eigenvalue weighted by Crippen LogP contribution is 2.30. The normalized spacial score (nSPS) is 14.9. The minimum atomic E-state index is -0.300. The van der Waals surface area contributed by atoms with Gasteiger partial charge in [-0.05, 0) is 47.8 Å². The molecule has 3 aromatic rings. The topological polar surface area (TPSA) is 77.8 Å². The summed E-state index contributed by atoms with van der Waals surface area (Å²) in [6.07, 6.45) is 5.81. The van der Waals surface area contributed by atoms with E-state index in [4.69, 9.17) is 14.5 Å². The predicted molar refractivity (Wildman–Crippen MR) is 109 cm³/mol. The number of hydrogen-bond donors (Lipinski definition) is 1. The molecular weight excluding hydrogens is 424 g/mol. The van der Waals surface area contributed by atoms with Gasteiger partial charge in [0.05, 0.1) is 12.3 Å². The van der Waals surface area contributed by atoms with Crippen molar-refractivity contribution in [3.63, 3.8) is 0 Å². The van der Waals surface area contributed by atoms with Gasteiger partial charge in [0.15, 0.2) is 0 Å². The Hall–Kier alpha value is -2.45. The summed E-state index contributed by atoms with van der Waals surface area (Å²) in [6, 6.07) is 7.07. The Morgan fingerprint density at radius 2 is 2.14 bits per heavy atom. The first-order valence-corrected chi connectivity index (χ1v) is 10.1. The second kappa shape index (κ2) is 8.28. The summed E-state index contributed by atoms with van der Waals surface area (Å²) in [5.74, 6) is 0.682. The number of carbonyl (C=O) groups excluding carboxylic acids is 1. The smallest absolute Gasteiger partial charge is 0.274 e. The second-order valence-corrected chi connectivity index (χ2v) is 7.41. The first-order chi connectivity index (χ1) is 13.6. The minimum Gasteiger partial charge on any atom is -0.491 e. The summed E-state index contributed by atoms with van der Waals surface area (Å²) in [4.78, 5) is 21.6. The van der Waals surface area contributed by atoms with Gasteiger partial charge in [-0.15, -0.1) is 0 Å². The highest BCUT2D eigenvalue weighted by molar-refractivity contribution is 9.10. The van der Waals surface area contributed by atoms with E-state index in [-0.39, 0.29) is 5.91 Å². The summed E-state index contributed by atoms with van der Waals surface area (Å²) in [6.45, 7) is 3.93. The van der Waals surface area contributed by atoms with Crippen LogP contribution >= 0.6 is 15.9 Å². The molecule has 1 fully saturated rings. The highest BCUT2D eigenvalue weighted by Gasteiger charge is 2.20. The van der Waals surface area contributed by atoms with Gasteiger partial charge in [0.25, 0.3) is 5.91 Å². The predicted octanol–water partition coefficient (Wildman–Crippen LogP) is 4.04. The molecule has 0 atom stereocenters. The van der Waals surface area contributed by atoms with Gasteiger partial charge in [0, 0.05) is 37.6 Å². The molecule has 8 heteroatoms. The minimum absolute atomic E-state index is 0.300. The first kappa shape index (κ1) is 18.9. The lowest BCUT2D eigenvalue weighted by Gasteiger charge is -2.19. The Labute approximate surface area is 171 Å². The monoisotopic (exact) mass is 444 g/mol. The second-order valence-electron chi connectivity index (χ2n) is 6.60. The number of aromatic nitrogens is 3. The Balaban J connectivity index is 1.65. The quantitative estimate of drug-likeness (QED) is 0.600. The summed E-state index contributed by atoms with van der Waals surface area (Å²) >= 11 is 3.29. The van der Waals surface area contributed by atoms with Crippen LogP contribution in [-0.4, -0.2) is 40.1 Å². The molecule has 7 nitrogen and oxygen atoms in total. The van der Waals surface area contributed by atoms with Crippen LogP contribution in [-0.2, 0) is 4.74 Å². The number of fused-ring (bicyclic) bond motifs is 1. The number of amides is 1. The third-order valence-corrected chi connectivity index (χ3v) is 5.15. The Morgan fingerprint density at radius 1 is 1.32 bits per heavy atom. The van der Waals surface area contributed by atoms with E-state index >= 15 is 0 Å². The zero-order valence-corrected chi connectivity index (χ0v) is 17.1. The molecule has 28 heavy (non-hydrogen) atoms. The molecule has 146 valence electrons. The lowest BCUT2D eigenvalue weighted by atomic mass is 9.97. The van der Waals surface area contributed by atoms with Gasteiger partial charge in [-0.1, -0.05) is 6.07 Å². The van der Waals surface area contributed by atoms with E-state index < -0.39 is 0 Å². The molecule has 1 amide bonds. The van der Waals surface area contributed by atoms with E-state index in [1.54, 1.807) is 18.2 Å². The number of hydrogen-bond acceptors (Lipinski definition) is 5. The molecule has 0 aromatic carbocycles. The molecule has 0 radical (unpaired) electrons. The number of nitrogens with one attached hydrogen (secondary N) is 1. The molecule has 0 bridgehead atoms. The molecular formula is C20H21BrN4O3. The van der Waals surface area contributed by atoms with Gasteiger partial charge < -0.3 is 19.2 Å². The maximum atomic E-state index is 12.6. The number of pyridine rings is 2. The van der Waals surface area contributed by atoms with Gasteiger partial charge in [-0.3, -0.25) is 4.79 Å². The molecule has 4 rings (SSSR count). The molecule has 0 unspecified atom stereocenters. The molecule has 1 aliphatic rings. The number of halogens is 1. The van der Waals surface area contributed by atoms with E-state index in [9.17, 15) is 4.79 Å². The van der Waals surface area contributed by atoms with Crippen molar-refractivity contribution in [2.24, 2.45) is 0 Å². The fraction of sp³-hybridized carbons (Fsp3) is 0.350. The third-order valence-electron chi connectivity index (χ3n) is 4.71. The molecule has 1 aliphatic heterocycles. The van der Waals surface area contributed by atoms with Crippen LogP contribution in [0.3, 0.4) is 0 Å². The van der Waals surface area contributed by atoms with Crippen LogP contribution in [0.4, 0.5) is 5.69 Å². The number of carbonyl (C=O) groups is 1. The van der Waals surface area contributed by atoms with Crippen molar-refractivity contribution < 1.29 is 14.3 Å². The Kier molecular flexibility index (Phi) is 5.59. The largest absolute Gasteiger partial charge is 0.491 e. The molecule has 0 spiro atoms. The van der Waals surface area contributed by atoms with Crippen LogP contribution < -0.4 is 10.1 Å². The molecule has 0 aliphatic carbocycles. The lowest BCUT2D eigenvalue weighted by molar-refractivity contribution is 0.0846. The van der Waals surface area contributed by atoms with Crippen LogP contribution in [0.2, 0.25) is 0 Å². The van der Waals surface area contributed by atoms with Gasteiger partial charge in [-0.2, -0.15) is 0 Å². The van der Waals surface area contributed by atoms with Crippen molar-refractivity contribution in [1.82, 2.24) is 14.4 Å². The van der Waals surface area contributed by atoms with Crippen molar-refractivity contribution in [2.45, 2.75) is 25.7 Å². The van der Waals surface area contributed by atoms with Gasteiger partial charge in [-0.25, -0.2) is 9.97 Å². The maximum absolute atomic E-state index is 12.6. The molecule has 3 aromatic heterocycles. The highest BCUT2D eigenvalue weighted by atomic mass is 79.9. The number of anilines is 1. The average molecular weight is 445 g/mol. The third kappa shape index (κ3) is 4.02. The number of ether oxygens (including phenoxy) is 2. The van der Waals surface area contributed by atoms with Crippen molar-refractivity contribution in [1.29, 1.82) is 0 Å². The summed E-state index contributed by atoms with van der Waals surface area (Å²) in [5.41, 5.74) is 2.74. The van der Waals surface area contributed by atoms with Gasteiger partial charge in [0.1, 0.15) is 27.4 Å². The summed E-state index contributed by atoms with van der Waals surface area (Å²) < 4.78 is 13.7. The van der Waals surface area contributed by atoms with Crippen LogP contribution in [0.5, 0.6) is 5.75 Å².